The Hall–Kier alpha value is -1.53. The summed E-state index contributed by atoms with van der Waals surface area (Å²) in [7, 11) is 1.93. The van der Waals surface area contributed by atoms with Gasteiger partial charge in [-0.1, -0.05) is 0 Å². The molecule has 0 fully saturated rings. The van der Waals surface area contributed by atoms with Gasteiger partial charge in [-0.2, -0.15) is 5.10 Å². The molecule has 0 amide bonds. The van der Waals surface area contributed by atoms with Gasteiger partial charge in [-0.15, -0.1) is 0 Å². The number of aromatic nitrogens is 2. The van der Waals surface area contributed by atoms with Crippen LogP contribution in [0.15, 0.2) is 22.7 Å². The lowest BCUT2D eigenvalue weighted by Gasteiger charge is -2.19. The Bertz CT molecular complexity index is 640. The molecule has 0 saturated carbocycles. The second kappa shape index (κ2) is 5.46. The molecule has 0 spiro atoms. The summed E-state index contributed by atoms with van der Waals surface area (Å²) in [5, 5.41) is 4.51. The zero-order chi connectivity index (χ0) is 14.1. The normalized spacial score (nSPS) is 13.6. The van der Waals surface area contributed by atoms with Crippen molar-refractivity contribution in [3.63, 3.8) is 0 Å². The van der Waals surface area contributed by atoms with Crippen LogP contribution in [0.25, 0.3) is 11.3 Å². The third-order valence-corrected chi connectivity index (χ3v) is 4.09. The average Bonchev–Trinajstić information content (AvgIpc) is 2.73. The maximum Gasteiger partial charge on any atom is 0.162 e. The van der Waals surface area contributed by atoms with Crippen LogP contribution >= 0.6 is 15.9 Å². The lowest BCUT2D eigenvalue weighted by atomic mass is 10.1. The Kier molecular flexibility index (Phi) is 3.67. The molecule has 0 atom stereocenters. The predicted molar refractivity (Wildman–Crippen MR) is 80.1 cm³/mol. The fraction of sp³-hybridized carbons (Fsp3) is 0.357. The van der Waals surface area contributed by atoms with Crippen LogP contribution < -0.4 is 15.2 Å². The van der Waals surface area contributed by atoms with Gasteiger partial charge in [0.15, 0.2) is 11.5 Å². The Morgan fingerprint density at radius 1 is 1.30 bits per heavy atom. The van der Waals surface area contributed by atoms with Crippen LogP contribution in [-0.4, -0.2) is 29.5 Å². The summed E-state index contributed by atoms with van der Waals surface area (Å²) >= 11 is 3.62. The monoisotopic (exact) mass is 337 g/mol. The van der Waals surface area contributed by atoms with E-state index in [1.165, 1.54) is 0 Å². The van der Waals surface area contributed by atoms with E-state index in [-0.39, 0.29) is 0 Å². The van der Waals surface area contributed by atoms with E-state index < -0.39 is 0 Å². The number of fused-ring (bicyclic) bond motifs is 1. The van der Waals surface area contributed by atoms with Gasteiger partial charge in [0.2, 0.25) is 0 Å². The summed E-state index contributed by atoms with van der Waals surface area (Å²) in [5.41, 5.74) is 8.64. The molecule has 1 aliphatic rings. The van der Waals surface area contributed by atoms with Crippen LogP contribution in [0.3, 0.4) is 0 Å². The molecule has 1 aliphatic heterocycles. The smallest absolute Gasteiger partial charge is 0.162 e. The van der Waals surface area contributed by atoms with Gasteiger partial charge in [-0.05, 0) is 40.7 Å². The van der Waals surface area contributed by atoms with Gasteiger partial charge >= 0.3 is 0 Å². The molecular formula is C14H16BrN3O2. The van der Waals surface area contributed by atoms with Crippen LogP contribution in [0, 0.1) is 0 Å². The highest BCUT2D eigenvalue weighted by Crippen LogP contribution is 2.37. The van der Waals surface area contributed by atoms with E-state index in [2.05, 4.69) is 21.0 Å². The number of benzene rings is 1. The number of nitrogens with zero attached hydrogens (tertiary/aromatic N) is 2. The zero-order valence-electron chi connectivity index (χ0n) is 11.2. The number of halogens is 1. The Morgan fingerprint density at radius 3 is 2.80 bits per heavy atom. The molecule has 106 valence electrons. The molecule has 2 heterocycles. The molecule has 2 N–H and O–H groups in total. The third-order valence-electron chi connectivity index (χ3n) is 3.25. The average molecular weight is 338 g/mol. The summed E-state index contributed by atoms with van der Waals surface area (Å²) < 4.78 is 14.0. The highest BCUT2D eigenvalue weighted by atomic mass is 79.9. The minimum atomic E-state index is 0.580. The minimum Gasteiger partial charge on any atom is -0.486 e. The molecule has 0 saturated heterocycles. The van der Waals surface area contributed by atoms with Crippen molar-refractivity contribution in [3.05, 3.63) is 28.4 Å². The number of nitrogens with two attached hydrogens (primary N) is 1. The number of aryl methyl sites for hydroxylation is 1. The van der Waals surface area contributed by atoms with Crippen LogP contribution in [0.4, 0.5) is 0 Å². The van der Waals surface area contributed by atoms with Gasteiger partial charge in [0.1, 0.15) is 13.2 Å². The zero-order valence-corrected chi connectivity index (χ0v) is 12.8. The van der Waals surface area contributed by atoms with Gasteiger partial charge in [0, 0.05) is 19.0 Å². The van der Waals surface area contributed by atoms with Crippen molar-refractivity contribution in [1.29, 1.82) is 0 Å². The highest BCUT2D eigenvalue weighted by Gasteiger charge is 2.18. The molecule has 6 heteroatoms. The fourth-order valence-electron chi connectivity index (χ4n) is 2.35. The van der Waals surface area contributed by atoms with Gasteiger partial charge < -0.3 is 15.2 Å². The van der Waals surface area contributed by atoms with E-state index in [0.717, 1.165) is 39.3 Å². The molecule has 5 nitrogen and oxygen atoms in total. The van der Waals surface area contributed by atoms with E-state index in [0.29, 0.717) is 19.8 Å². The van der Waals surface area contributed by atoms with E-state index in [4.69, 9.17) is 15.2 Å². The van der Waals surface area contributed by atoms with Crippen molar-refractivity contribution in [2.75, 3.05) is 19.8 Å². The number of hydrogen-bond donors (Lipinski definition) is 1. The van der Waals surface area contributed by atoms with Crippen molar-refractivity contribution in [3.8, 4) is 22.8 Å². The Balaban J connectivity index is 2.04. The van der Waals surface area contributed by atoms with E-state index in [1.807, 2.05) is 29.9 Å². The molecule has 0 bridgehead atoms. The Morgan fingerprint density at radius 2 is 2.05 bits per heavy atom. The molecule has 20 heavy (non-hydrogen) atoms. The first kappa shape index (κ1) is 13.5. The van der Waals surface area contributed by atoms with Crippen molar-refractivity contribution in [1.82, 2.24) is 9.78 Å². The van der Waals surface area contributed by atoms with Gasteiger partial charge in [-0.25, -0.2) is 0 Å². The molecule has 3 rings (SSSR count). The SMILES string of the molecule is Cn1nc(CCN)c(Br)c1-c1ccc2c(c1)OCCO2. The number of rotatable bonds is 3. The summed E-state index contributed by atoms with van der Waals surface area (Å²) in [6, 6.07) is 5.94. The lowest BCUT2D eigenvalue weighted by Crippen LogP contribution is -2.15. The van der Waals surface area contributed by atoms with Gasteiger partial charge in [-0.3, -0.25) is 4.68 Å². The highest BCUT2D eigenvalue weighted by molar-refractivity contribution is 9.10. The van der Waals surface area contributed by atoms with Crippen LogP contribution in [0.5, 0.6) is 11.5 Å². The van der Waals surface area contributed by atoms with Crippen LogP contribution in [-0.2, 0) is 13.5 Å². The summed E-state index contributed by atoms with van der Waals surface area (Å²) in [4.78, 5) is 0. The fourth-order valence-corrected chi connectivity index (χ4v) is 3.12. The standard InChI is InChI=1S/C14H16BrN3O2/c1-18-14(13(15)10(17-18)4-5-16)9-2-3-11-12(8-9)20-7-6-19-11/h2-3,8H,4-7,16H2,1H3. The maximum atomic E-state index is 5.63. The molecule has 0 aliphatic carbocycles. The lowest BCUT2D eigenvalue weighted by molar-refractivity contribution is 0.171. The summed E-state index contributed by atoms with van der Waals surface area (Å²) in [6.45, 7) is 1.76. The minimum absolute atomic E-state index is 0.580. The van der Waals surface area contributed by atoms with Crippen molar-refractivity contribution in [2.45, 2.75) is 6.42 Å². The molecule has 1 aromatic carbocycles. The maximum absolute atomic E-state index is 5.63. The number of hydrogen-bond acceptors (Lipinski definition) is 4. The largest absolute Gasteiger partial charge is 0.486 e. The van der Waals surface area contributed by atoms with E-state index in [9.17, 15) is 0 Å². The molecule has 1 aromatic heterocycles. The second-order valence-corrected chi connectivity index (χ2v) is 5.42. The molecule has 2 aromatic rings. The summed E-state index contributed by atoms with van der Waals surface area (Å²) in [5.74, 6) is 1.57. The van der Waals surface area contributed by atoms with E-state index >= 15 is 0 Å². The predicted octanol–water partition coefficient (Wildman–Crippen LogP) is 2.12. The van der Waals surface area contributed by atoms with Crippen molar-refractivity contribution in [2.24, 2.45) is 12.8 Å². The summed E-state index contributed by atoms with van der Waals surface area (Å²) in [6.07, 6.45) is 0.749. The first-order valence-electron chi connectivity index (χ1n) is 6.52. The van der Waals surface area contributed by atoms with Crippen LogP contribution in [0.2, 0.25) is 0 Å². The first-order valence-corrected chi connectivity index (χ1v) is 7.31. The Labute approximate surface area is 125 Å². The van der Waals surface area contributed by atoms with Crippen molar-refractivity contribution >= 4 is 15.9 Å². The molecule has 0 radical (unpaired) electrons. The third kappa shape index (κ3) is 2.29. The second-order valence-electron chi connectivity index (χ2n) is 4.63. The van der Waals surface area contributed by atoms with Crippen LogP contribution in [0.1, 0.15) is 5.69 Å². The van der Waals surface area contributed by atoms with E-state index in [1.54, 1.807) is 0 Å². The van der Waals surface area contributed by atoms with Gasteiger partial charge in [0.05, 0.1) is 15.9 Å². The number of ether oxygens (including phenoxy) is 2. The first-order chi connectivity index (χ1) is 9.70. The molecule has 0 unspecified atom stereocenters. The van der Waals surface area contributed by atoms with Gasteiger partial charge in [0.25, 0.3) is 0 Å². The quantitative estimate of drug-likeness (QED) is 0.931. The van der Waals surface area contributed by atoms with Crippen molar-refractivity contribution < 1.29 is 9.47 Å². The topological polar surface area (TPSA) is 62.3 Å². The molecular weight excluding hydrogens is 322 g/mol.